The van der Waals surface area contributed by atoms with Crippen LogP contribution < -0.4 is 0 Å². The summed E-state index contributed by atoms with van der Waals surface area (Å²) in [5, 5.41) is 4.14. The molecule has 0 N–H and O–H groups in total. The summed E-state index contributed by atoms with van der Waals surface area (Å²) in [7, 11) is 0. The summed E-state index contributed by atoms with van der Waals surface area (Å²) in [5.74, 6) is -0.191. The zero-order valence-electron chi connectivity index (χ0n) is 14.7. The van der Waals surface area contributed by atoms with Crippen molar-refractivity contribution in [1.82, 2.24) is 14.7 Å². The zero-order valence-corrected chi connectivity index (χ0v) is 14.7. The second-order valence-electron chi connectivity index (χ2n) is 6.55. The summed E-state index contributed by atoms with van der Waals surface area (Å²) in [5.41, 5.74) is 0.386. The van der Waals surface area contributed by atoms with E-state index in [-0.39, 0.29) is 23.7 Å². The number of halogens is 3. The zero-order chi connectivity index (χ0) is 19.1. The van der Waals surface area contributed by atoms with Gasteiger partial charge in [-0.15, -0.1) is 0 Å². The Morgan fingerprint density at radius 1 is 1.31 bits per heavy atom. The molecule has 0 bridgehead atoms. The van der Waals surface area contributed by atoms with Crippen LogP contribution >= 0.6 is 0 Å². The van der Waals surface area contributed by atoms with Gasteiger partial charge in [0.25, 0.3) is 5.91 Å². The number of rotatable bonds is 2. The molecule has 2 heterocycles. The van der Waals surface area contributed by atoms with Gasteiger partial charge in [0.15, 0.2) is 0 Å². The van der Waals surface area contributed by atoms with E-state index in [2.05, 4.69) is 5.10 Å². The van der Waals surface area contributed by atoms with E-state index in [1.165, 1.54) is 23.0 Å². The predicted octanol–water partition coefficient (Wildman–Crippen LogP) is 3.45. The Morgan fingerprint density at radius 3 is 2.73 bits per heavy atom. The molecule has 8 heteroatoms. The number of nitrogens with zero attached hydrogens (tertiary/aromatic N) is 3. The summed E-state index contributed by atoms with van der Waals surface area (Å²) in [4.78, 5) is 14.6. The number of carbonyl (C=O) groups excluding carboxylic acids is 1. The molecule has 1 aromatic carbocycles. The van der Waals surface area contributed by atoms with Gasteiger partial charge in [-0.05, 0) is 39.0 Å². The first-order chi connectivity index (χ1) is 12.2. The van der Waals surface area contributed by atoms with E-state index in [1.807, 2.05) is 13.8 Å². The van der Waals surface area contributed by atoms with Crippen LogP contribution in [-0.2, 0) is 10.9 Å². The Morgan fingerprint density at radius 2 is 2.04 bits per heavy atom. The number of morpholine rings is 1. The molecule has 2 unspecified atom stereocenters. The molecule has 1 amide bonds. The van der Waals surface area contributed by atoms with Gasteiger partial charge >= 0.3 is 6.18 Å². The van der Waals surface area contributed by atoms with Gasteiger partial charge in [-0.3, -0.25) is 4.79 Å². The van der Waals surface area contributed by atoms with Crippen molar-refractivity contribution in [1.29, 1.82) is 0 Å². The largest absolute Gasteiger partial charge is 0.416 e. The fraction of sp³-hybridized carbons (Fsp3) is 0.444. The number of carbonyl (C=O) groups is 1. The number of alkyl halides is 3. The van der Waals surface area contributed by atoms with Crippen LogP contribution in [0.4, 0.5) is 13.2 Å². The van der Waals surface area contributed by atoms with Gasteiger partial charge in [-0.25, -0.2) is 4.68 Å². The third-order valence-corrected chi connectivity index (χ3v) is 4.53. The normalized spacial score (nSPS) is 21.1. The lowest BCUT2D eigenvalue weighted by molar-refractivity contribution is -0.137. The van der Waals surface area contributed by atoms with Crippen molar-refractivity contribution in [3.63, 3.8) is 0 Å². The van der Waals surface area contributed by atoms with E-state index in [4.69, 9.17) is 4.74 Å². The molecule has 1 fully saturated rings. The van der Waals surface area contributed by atoms with Crippen LogP contribution in [0.15, 0.2) is 30.5 Å². The van der Waals surface area contributed by atoms with Gasteiger partial charge < -0.3 is 9.64 Å². The quantitative estimate of drug-likeness (QED) is 0.817. The molecule has 1 aliphatic rings. The fourth-order valence-electron chi connectivity index (χ4n) is 3.03. The van der Waals surface area contributed by atoms with E-state index in [0.29, 0.717) is 24.4 Å². The highest BCUT2D eigenvalue weighted by atomic mass is 19.4. The number of aromatic nitrogens is 2. The standard InChI is InChI=1S/C18H20F3N3O2/c1-11-10-26-12(2)9-23(11)17(25)16-8-22-24(13(16)3)15-6-4-5-14(7-15)18(19,20)21/h4-8,11-12H,9-10H2,1-3H3. The van der Waals surface area contributed by atoms with Gasteiger partial charge in [0.2, 0.25) is 0 Å². The molecular formula is C18H20F3N3O2. The molecule has 0 spiro atoms. The molecule has 2 aromatic rings. The lowest BCUT2D eigenvalue weighted by Gasteiger charge is -2.36. The first-order valence-electron chi connectivity index (χ1n) is 8.33. The second kappa shape index (κ2) is 6.75. The minimum absolute atomic E-state index is 0.0611. The number of hydrogen-bond donors (Lipinski definition) is 0. The summed E-state index contributed by atoms with van der Waals surface area (Å²) in [6.07, 6.45) is -3.09. The van der Waals surface area contributed by atoms with Gasteiger partial charge in [0, 0.05) is 6.54 Å². The molecule has 3 rings (SSSR count). The van der Waals surface area contributed by atoms with Crippen LogP contribution in [0.3, 0.4) is 0 Å². The molecule has 1 aromatic heterocycles. The number of ether oxygens (including phenoxy) is 1. The summed E-state index contributed by atoms with van der Waals surface area (Å²) in [6.45, 7) is 6.39. The number of hydrogen-bond acceptors (Lipinski definition) is 3. The first-order valence-corrected chi connectivity index (χ1v) is 8.33. The average Bonchev–Trinajstić information content (AvgIpc) is 2.97. The molecular weight excluding hydrogens is 347 g/mol. The fourth-order valence-corrected chi connectivity index (χ4v) is 3.03. The summed E-state index contributed by atoms with van der Waals surface area (Å²) >= 11 is 0. The van der Waals surface area contributed by atoms with Gasteiger partial charge in [-0.2, -0.15) is 18.3 Å². The maximum Gasteiger partial charge on any atom is 0.416 e. The van der Waals surface area contributed by atoms with Gasteiger partial charge in [0.05, 0.1) is 47.5 Å². The highest BCUT2D eigenvalue weighted by molar-refractivity contribution is 5.95. The van der Waals surface area contributed by atoms with Crippen LogP contribution in [0.2, 0.25) is 0 Å². The molecule has 0 saturated carbocycles. The van der Waals surface area contributed by atoms with E-state index < -0.39 is 11.7 Å². The van der Waals surface area contributed by atoms with Crippen LogP contribution in [0.1, 0.15) is 35.5 Å². The van der Waals surface area contributed by atoms with Crippen molar-refractivity contribution in [3.05, 3.63) is 47.3 Å². The van der Waals surface area contributed by atoms with Crippen molar-refractivity contribution >= 4 is 5.91 Å². The third kappa shape index (κ3) is 3.46. The van der Waals surface area contributed by atoms with Crippen LogP contribution in [0, 0.1) is 6.92 Å². The maximum absolute atomic E-state index is 12.9. The Labute approximate surface area is 149 Å². The monoisotopic (exact) mass is 367 g/mol. The van der Waals surface area contributed by atoms with Crippen molar-refractivity contribution < 1.29 is 22.7 Å². The van der Waals surface area contributed by atoms with E-state index in [1.54, 1.807) is 11.8 Å². The average molecular weight is 367 g/mol. The highest BCUT2D eigenvalue weighted by Crippen LogP contribution is 2.30. The summed E-state index contributed by atoms with van der Waals surface area (Å²) < 4.78 is 45.7. The Balaban J connectivity index is 1.92. The van der Waals surface area contributed by atoms with E-state index in [0.717, 1.165) is 12.1 Å². The lowest BCUT2D eigenvalue weighted by atomic mass is 10.1. The number of benzene rings is 1. The SMILES string of the molecule is Cc1c(C(=O)N2CC(C)OCC2C)cnn1-c1cccc(C(F)(F)F)c1. The first kappa shape index (κ1) is 18.4. The molecule has 1 saturated heterocycles. The second-order valence-corrected chi connectivity index (χ2v) is 6.55. The minimum atomic E-state index is -4.44. The Kier molecular flexibility index (Phi) is 4.79. The smallest absolute Gasteiger partial charge is 0.375 e. The van der Waals surface area contributed by atoms with Crippen molar-refractivity contribution in [3.8, 4) is 5.69 Å². The Bertz CT molecular complexity index is 816. The minimum Gasteiger partial charge on any atom is -0.375 e. The topological polar surface area (TPSA) is 47.4 Å². The molecule has 140 valence electrons. The third-order valence-electron chi connectivity index (χ3n) is 4.53. The highest BCUT2D eigenvalue weighted by Gasteiger charge is 2.32. The van der Waals surface area contributed by atoms with Crippen LogP contribution in [0.5, 0.6) is 0 Å². The van der Waals surface area contributed by atoms with E-state index in [9.17, 15) is 18.0 Å². The Hall–Kier alpha value is -2.35. The predicted molar refractivity (Wildman–Crippen MR) is 89.2 cm³/mol. The van der Waals surface area contributed by atoms with Gasteiger partial charge in [-0.1, -0.05) is 6.07 Å². The van der Waals surface area contributed by atoms with Crippen molar-refractivity contribution in [2.24, 2.45) is 0 Å². The van der Waals surface area contributed by atoms with E-state index >= 15 is 0 Å². The molecule has 1 aliphatic heterocycles. The molecule has 0 aliphatic carbocycles. The van der Waals surface area contributed by atoms with Crippen LogP contribution in [0.25, 0.3) is 5.69 Å². The maximum atomic E-state index is 12.9. The molecule has 0 radical (unpaired) electrons. The molecule has 5 nitrogen and oxygen atoms in total. The summed E-state index contributed by atoms with van der Waals surface area (Å²) in [6, 6.07) is 4.81. The van der Waals surface area contributed by atoms with Gasteiger partial charge in [0.1, 0.15) is 0 Å². The van der Waals surface area contributed by atoms with Crippen molar-refractivity contribution in [2.45, 2.75) is 39.1 Å². The number of amides is 1. The molecule has 2 atom stereocenters. The van der Waals surface area contributed by atoms with Crippen LogP contribution in [-0.4, -0.2) is 45.9 Å². The lowest BCUT2D eigenvalue weighted by Crippen LogP contribution is -2.50. The molecule has 26 heavy (non-hydrogen) atoms. The van der Waals surface area contributed by atoms with Crippen molar-refractivity contribution in [2.75, 3.05) is 13.2 Å².